The molecule has 1 saturated heterocycles. The maximum Gasteiger partial charge on any atom is 0.250 e. The van der Waals surface area contributed by atoms with Gasteiger partial charge in [0, 0.05) is 32.5 Å². The zero-order chi connectivity index (χ0) is 9.73. The van der Waals surface area contributed by atoms with Crippen molar-refractivity contribution in [2.45, 2.75) is 31.6 Å². The Labute approximate surface area is 77.5 Å². The predicted octanol–water partition coefficient (Wildman–Crippen LogP) is 1.49. The number of likely N-dealkylation sites (tertiary alicyclic amines) is 1. The van der Waals surface area contributed by atoms with Crippen LogP contribution in [-0.4, -0.2) is 42.2 Å². The third kappa shape index (κ3) is 4.00. The predicted molar refractivity (Wildman–Crippen MR) is 46.9 cm³/mol. The molecule has 1 heterocycles. The molecule has 0 spiro atoms. The maximum atomic E-state index is 12.7. The number of unbranched alkanes of at least 4 members (excludes halogenated alkanes) is 1. The Balaban J connectivity index is 2.11. The molecule has 0 radical (unpaired) electrons. The van der Waals surface area contributed by atoms with E-state index in [1.54, 1.807) is 0 Å². The number of hydrogen-bond donors (Lipinski definition) is 1. The summed E-state index contributed by atoms with van der Waals surface area (Å²) >= 11 is 0. The van der Waals surface area contributed by atoms with E-state index in [1.807, 2.05) is 4.90 Å². The van der Waals surface area contributed by atoms with E-state index >= 15 is 0 Å². The van der Waals surface area contributed by atoms with E-state index in [0.717, 1.165) is 19.4 Å². The van der Waals surface area contributed by atoms with Gasteiger partial charge in [-0.2, -0.15) is 0 Å². The summed E-state index contributed by atoms with van der Waals surface area (Å²) < 4.78 is 25.4. The number of aliphatic hydroxyl groups excluding tert-OH is 1. The Morgan fingerprint density at radius 3 is 2.31 bits per heavy atom. The second kappa shape index (κ2) is 4.86. The van der Waals surface area contributed by atoms with E-state index in [1.165, 1.54) is 0 Å². The van der Waals surface area contributed by atoms with Crippen molar-refractivity contribution >= 4 is 0 Å². The van der Waals surface area contributed by atoms with Gasteiger partial charge >= 0.3 is 0 Å². The van der Waals surface area contributed by atoms with Crippen LogP contribution in [-0.2, 0) is 0 Å². The first kappa shape index (κ1) is 10.9. The lowest BCUT2D eigenvalue weighted by Crippen LogP contribution is -2.39. The van der Waals surface area contributed by atoms with E-state index in [0.29, 0.717) is 13.1 Å². The van der Waals surface area contributed by atoms with E-state index in [4.69, 9.17) is 5.11 Å². The SMILES string of the molecule is OCCCCN1CCC(F)(F)CC1. The van der Waals surface area contributed by atoms with Crippen LogP contribution in [0.1, 0.15) is 25.7 Å². The first-order valence-electron chi connectivity index (χ1n) is 4.85. The van der Waals surface area contributed by atoms with Gasteiger partial charge in [-0.25, -0.2) is 8.78 Å². The fourth-order valence-corrected chi connectivity index (χ4v) is 1.55. The fraction of sp³-hybridized carbons (Fsp3) is 1.00. The molecule has 1 aliphatic rings. The van der Waals surface area contributed by atoms with Gasteiger partial charge in [-0.3, -0.25) is 0 Å². The molecule has 1 rings (SSSR count). The molecule has 4 heteroatoms. The summed E-state index contributed by atoms with van der Waals surface area (Å²) in [5.74, 6) is -2.44. The maximum absolute atomic E-state index is 12.7. The van der Waals surface area contributed by atoms with Crippen molar-refractivity contribution in [3.05, 3.63) is 0 Å². The van der Waals surface area contributed by atoms with Crippen molar-refractivity contribution in [2.24, 2.45) is 0 Å². The third-order valence-corrected chi connectivity index (χ3v) is 2.47. The molecular formula is C9H17F2NO. The van der Waals surface area contributed by atoms with Gasteiger partial charge in [0.25, 0.3) is 5.92 Å². The average Bonchev–Trinajstić information content (AvgIpc) is 2.08. The van der Waals surface area contributed by atoms with Crippen molar-refractivity contribution in [1.29, 1.82) is 0 Å². The first-order valence-corrected chi connectivity index (χ1v) is 4.85. The minimum Gasteiger partial charge on any atom is -0.396 e. The average molecular weight is 193 g/mol. The zero-order valence-corrected chi connectivity index (χ0v) is 7.81. The summed E-state index contributed by atoms with van der Waals surface area (Å²) in [5, 5.41) is 8.54. The highest BCUT2D eigenvalue weighted by molar-refractivity contribution is 4.77. The molecule has 0 atom stereocenters. The number of rotatable bonds is 4. The number of alkyl halides is 2. The highest BCUT2D eigenvalue weighted by atomic mass is 19.3. The zero-order valence-electron chi connectivity index (χ0n) is 7.81. The fourth-order valence-electron chi connectivity index (χ4n) is 1.55. The largest absolute Gasteiger partial charge is 0.396 e. The molecule has 1 N–H and O–H groups in total. The van der Waals surface area contributed by atoms with Crippen LogP contribution >= 0.6 is 0 Å². The standard InChI is InChI=1S/C9H17F2NO/c10-9(11)3-6-12(7-4-9)5-1-2-8-13/h13H,1-8H2. The molecule has 0 aromatic rings. The highest BCUT2D eigenvalue weighted by Crippen LogP contribution is 2.27. The Kier molecular flexibility index (Phi) is 4.06. The molecule has 2 nitrogen and oxygen atoms in total. The third-order valence-electron chi connectivity index (χ3n) is 2.47. The van der Waals surface area contributed by atoms with Crippen molar-refractivity contribution in [2.75, 3.05) is 26.2 Å². The summed E-state index contributed by atoms with van der Waals surface area (Å²) in [7, 11) is 0. The second-order valence-corrected chi connectivity index (χ2v) is 3.63. The lowest BCUT2D eigenvalue weighted by atomic mass is 10.1. The van der Waals surface area contributed by atoms with E-state index in [9.17, 15) is 8.78 Å². The second-order valence-electron chi connectivity index (χ2n) is 3.63. The topological polar surface area (TPSA) is 23.5 Å². The molecule has 0 aromatic carbocycles. The van der Waals surface area contributed by atoms with Gasteiger partial charge in [0.1, 0.15) is 0 Å². The molecule has 78 valence electrons. The van der Waals surface area contributed by atoms with E-state index in [-0.39, 0.29) is 19.4 Å². The lowest BCUT2D eigenvalue weighted by molar-refractivity contribution is -0.0553. The van der Waals surface area contributed by atoms with Gasteiger partial charge in [-0.15, -0.1) is 0 Å². The van der Waals surface area contributed by atoms with Crippen LogP contribution in [0.2, 0.25) is 0 Å². The molecule has 0 amide bonds. The van der Waals surface area contributed by atoms with Crippen molar-refractivity contribution in [3.8, 4) is 0 Å². The van der Waals surface area contributed by atoms with Crippen LogP contribution in [0.15, 0.2) is 0 Å². The normalized spacial score (nSPS) is 23.3. The molecular weight excluding hydrogens is 176 g/mol. The van der Waals surface area contributed by atoms with Gasteiger partial charge in [0.15, 0.2) is 0 Å². The Hall–Kier alpha value is -0.220. The molecule has 0 bridgehead atoms. The molecule has 0 unspecified atom stereocenters. The summed E-state index contributed by atoms with van der Waals surface area (Å²) in [5.41, 5.74) is 0. The molecule has 0 aromatic heterocycles. The van der Waals surface area contributed by atoms with Gasteiger partial charge in [-0.05, 0) is 19.4 Å². The van der Waals surface area contributed by atoms with Crippen LogP contribution in [0.4, 0.5) is 8.78 Å². The minimum atomic E-state index is -2.44. The smallest absolute Gasteiger partial charge is 0.250 e. The van der Waals surface area contributed by atoms with Crippen LogP contribution in [0.5, 0.6) is 0 Å². The summed E-state index contributed by atoms with van der Waals surface area (Å²) in [6.07, 6.45) is 1.66. The van der Waals surface area contributed by atoms with E-state index < -0.39 is 5.92 Å². The molecule has 0 aliphatic carbocycles. The molecule has 13 heavy (non-hydrogen) atoms. The van der Waals surface area contributed by atoms with Gasteiger partial charge in [0.05, 0.1) is 0 Å². The van der Waals surface area contributed by atoms with Crippen LogP contribution < -0.4 is 0 Å². The summed E-state index contributed by atoms with van der Waals surface area (Å²) in [6, 6.07) is 0. The van der Waals surface area contributed by atoms with Gasteiger partial charge < -0.3 is 10.0 Å². The highest BCUT2D eigenvalue weighted by Gasteiger charge is 2.33. The quantitative estimate of drug-likeness (QED) is 0.684. The van der Waals surface area contributed by atoms with Gasteiger partial charge in [-0.1, -0.05) is 0 Å². The van der Waals surface area contributed by atoms with Crippen molar-refractivity contribution < 1.29 is 13.9 Å². The van der Waals surface area contributed by atoms with Gasteiger partial charge in [0.2, 0.25) is 0 Å². The van der Waals surface area contributed by atoms with Crippen molar-refractivity contribution in [3.63, 3.8) is 0 Å². The first-order chi connectivity index (χ1) is 6.14. The Bertz CT molecular complexity index is 143. The minimum absolute atomic E-state index is 0.00781. The number of piperidine rings is 1. The summed E-state index contributed by atoms with van der Waals surface area (Å²) in [4.78, 5) is 2.05. The summed E-state index contributed by atoms with van der Waals surface area (Å²) in [6.45, 7) is 2.04. The monoisotopic (exact) mass is 193 g/mol. The van der Waals surface area contributed by atoms with Crippen molar-refractivity contribution in [1.82, 2.24) is 4.90 Å². The number of hydrogen-bond acceptors (Lipinski definition) is 2. The number of aliphatic hydroxyl groups is 1. The van der Waals surface area contributed by atoms with Crippen LogP contribution in [0, 0.1) is 0 Å². The number of halogens is 2. The van der Waals surface area contributed by atoms with Crippen LogP contribution in [0.3, 0.4) is 0 Å². The molecule has 1 aliphatic heterocycles. The Morgan fingerprint density at radius 1 is 1.15 bits per heavy atom. The van der Waals surface area contributed by atoms with E-state index in [2.05, 4.69) is 0 Å². The van der Waals surface area contributed by atoms with Crippen LogP contribution in [0.25, 0.3) is 0 Å². The number of nitrogens with zero attached hydrogens (tertiary/aromatic N) is 1. The lowest BCUT2D eigenvalue weighted by Gasteiger charge is -2.31. The molecule has 1 fully saturated rings. The molecule has 0 saturated carbocycles. The Morgan fingerprint density at radius 2 is 1.77 bits per heavy atom.